The van der Waals surface area contributed by atoms with Crippen LogP contribution in [-0.4, -0.2) is 33.7 Å². The van der Waals surface area contributed by atoms with Crippen LogP contribution in [0.2, 0.25) is 0 Å². The minimum absolute atomic E-state index is 0.115. The van der Waals surface area contributed by atoms with Crippen LogP contribution in [0.15, 0.2) is 59.4 Å². The fourth-order valence-corrected chi connectivity index (χ4v) is 3.51. The lowest BCUT2D eigenvalue weighted by molar-refractivity contribution is -0.121. The molecule has 1 N–H and O–H groups in total. The number of aryl methyl sites for hydroxylation is 1. The maximum absolute atomic E-state index is 12.9. The lowest BCUT2D eigenvalue weighted by atomic mass is 10.1. The predicted octanol–water partition coefficient (Wildman–Crippen LogP) is 2.33. The maximum Gasteiger partial charge on any atom is 0.291 e. The Morgan fingerprint density at radius 1 is 1.10 bits per heavy atom. The zero-order valence-electron chi connectivity index (χ0n) is 16.4. The van der Waals surface area contributed by atoms with Gasteiger partial charge in [-0.3, -0.25) is 14.0 Å². The van der Waals surface area contributed by atoms with Gasteiger partial charge < -0.3 is 10.1 Å². The Bertz CT molecular complexity index is 1240. The molecular formula is C22H22N4O3. The summed E-state index contributed by atoms with van der Waals surface area (Å²) in [6.45, 7) is 2.21. The SMILES string of the molecule is COc1ccc2c(c1)cc1c(=O)n(CC(=O)NCCc3ccccc3)nc(C)n12. The van der Waals surface area contributed by atoms with Gasteiger partial charge in [0.1, 0.15) is 23.6 Å². The molecule has 0 aliphatic heterocycles. The van der Waals surface area contributed by atoms with Crippen LogP contribution >= 0.6 is 0 Å². The van der Waals surface area contributed by atoms with Crippen molar-refractivity contribution >= 4 is 22.3 Å². The number of methoxy groups -OCH3 is 1. The number of benzene rings is 2. The predicted molar refractivity (Wildman–Crippen MR) is 111 cm³/mol. The van der Waals surface area contributed by atoms with E-state index in [1.165, 1.54) is 4.68 Å². The van der Waals surface area contributed by atoms with Crippen LogP contribution in [-0.2, 0) is 17.8 Å². The largest absolute Gasteiger partial charge is 0.497 e. The quantitative estimate of drug-likeness (QED) is 0.548. The average Bonchev–Trinajstić information content (AvgIpc) is 3.12. The molecule has 148 valence electrons. The van der Waals surface area contributed by atoms with Crippen LogP contribution in [0.25, 0.3) is 16.4 Å². The Hall–Kier alpha value is -3.61. The number of hydrogen-bond donors (Lipinski definition) is 1. The van der Waals surface area contributed by atoms with Gasteiger partial charge in [0.25, 0.3) is 5.56 Å². The van der Waals surface area contributed by atoms with Crippen molar-refractivity contribution in [3.63, 3.8) is 0 Å². The molecule has 7 nitrogen and oxygen atoms in total. The van der Waals surface area contributed by atoms with Crippen LogP contribution in [0.4, 0.5) is 0 Å². The Kier molecular flexibility index (Phi) is 5.03. The third-order valence-corrected chi connectivity index (χ3v) is 4.92. The topological polar surface area (TPSA) is 77.6 Å². The highest BCUT2D eigenvalue weighted by Gasteiger charge is 2.14. The lowest BCUT2D eigenvalue weighted by Gasteiger charge is -2.09. The summed E-state index contributed by atoms with van der Waals surface area (Å²) in [7, 11) is 1.60. The molecule has 0 aliphatic rings. The number of carbonyl (C=O) groups excluding carboxylic acids is 1. The smallest absolute Gasteiger partial charge is 0.291 e. The highest BCUT2D eigenvalue weighted by Crippen LogP contribution is 2.24. The van der Waals surface area contributed by atoms with Crippen molar-refractivity contribution < 1.29 is 9.53 Å². The number of nitrogens with one attached hydrogen (secondary N) is 1. The van der Waals surface area contributed by atoms with E-state index in [0.717, 1.165) is 28.6 Å². The molecule has 0 saturated heterocycles. The molecule has 0 bridgehead atoms. The molecule has 7 heteroatoms. The molecule has 4 aromatic rings. The van der Waals surface area contributed by atoms with Crippen molar-refractivity contribution in [1.82, 2.24) is 19.5 Å². The molecule has 1 amide bonds. The minimum atomic E-state index is -0.302. The van der Waals surface area contributed by atoms with Crippen molar-refractivity contribution in [2.75, 3.05) is 13.7 Å². The molecule has 0 fully saturated rings. The summed E-state index contributed by atoms with van der Waals surface area (Å²) in [6, 6.07) is 17.4. The normalized spacial score (nSPS) is 11.1. The lowest BCUT2D eigenvalue weighted by Crippen LogP contribution is -2.35. The summed E-state index contributed by atoms with van der Waals surface area (Å²) >= 11 is 0. The zero-order chi connectivity index (χ0) is 20.4. The Morgan fingerprint density at radius 3 is 2.66 bits per heavy atom. The second-order valence-electron chi connectivity index (χ2n) is 6.89. The van der Waals surface area contributed by atoms with Gasteiger partial charge in [-0.15, -0.1) is 0 Å². The van der Waals surface area contributed by atoms with Crippen molar-refractivity contribution in [2.24, 2.45) is 0 Å². The van der Waals surface area contributed by atoms with Gasteiger partial charge in [-0.2, -0.15) is 5.10 Å². The van der Waals surface area contributed by atoms with E-state index in [-0.39, 0.29) is 18.0 Å². The molecule has 0 radical (unpaired) electrons. The molecule has 0 aliphatic carbocycles. The van der Waals surface area contributed by atoms with Gasteiger partial charge in [0.15, 0.2) is 0 Å². The first-order chi connectivity index (χ1) is 14.1. The van der Waals surface area contributed by atoms with E-state index < -0.39 is 0 Å². The van der Waals surface area contributed by atoms with E-state index >= 15 is 0 Å². The van der Waals surface area contributed by atoms with Crippen LogP contribution in [0.1, 0.15) is 11.4 Å². The number of fused-ring (bicyclic) bond motifs is 3. The summed E-state index contributed by atoms with van der Waals surface area (Å²) in [5.74, 6) is 1.12. The third kappa shape index (κ3) is 3.71. The van der Waals surface area contributed by atoms with Gasteiger partial charge >= 0.3 is 0 Å². The molecular weight excluding hydrogens is 368 g/mol. The molecule has 29 heavy (non-hydrogen) atoms. The first-order valence-corrected chi connectivity index (χ1v) is 9.44. The molecule has 4 rings (SSSR count). The molecule has 0 saturated carbocycles. The molecule has 0 atom stereocenters. The van der Waals surface area contributed by atoms with Crippen LogP contribution in [0.3, 0.4) is 0 Å². The summed E-state index contributed by atoms with van der Waals surface area (Å²) in [5, 5.41) is 8.09. The zero-order valence-corrected chi connectivity index (χ0v) is 16.4. The number of aromatic nitrogens is 3. The van der Waals surface area contributed by atoms with Gasteiger partial charge in [-0.05, 0) is 43.2 Å². The molecule has 2 aromatic carbocycles. The number of rotatable bonds is 6. The van der Waals surface area contributed by atoms with Crippen LogP contribution < -0.4 is 15.6 Å². The number of ether oxygens (including phenoxy) is 1. The summed E-state index contributed by atoms with van der Waals surface area (Å²) < 4.78 is 8.29. The van der Waals surface area contributed by atoms with E-state index in [0.29, 0.717) is 17.9 Å². The second kappa shape index (κ2) is 7.79. The van der Waals surface area contributed by atoms with Gasteiger partial charge in [0.05, 0.1) is 12.6 Å². The molecule has 2 heterocycles. The van der Waals surface area contributed by atoms with Crippen molar-refractivity contribution in [3.8, 4) is 5.75 Å². The highest BCUT2D eigenvalue weighted by atomic mass is 16.5. The molecule has 0 spiro atoms. The summed E-state index contributed by atoms with van der Waals surface area (Å²) in [4.78, 5) is 25.2. The van der Waals surface area contributed by atoms with E-state index in [1.807, 2.05) is 55.5 Å². The number of amides is 1. The van der Waals surface area contributed by atoms with E-state index in [2.05, 4.69) is 10.4 Å². The van der Waals surface area contributed by atoms with Gasteiger partial charge in [0.2, 0.25) is 5.91 Å². The third-order valence-electron chi connectivity index (χ3n) is 4.92. The van der Waals surface area contributed by atoms with Gasteiger partial charge in [0, 0.05) is 11.9 Å². The number of carbonyl (C=O) groups is 1. The second-order valence-corrected chi connectivity index (χ2v) is 6.89. The van der Waals surface area contributed by atoms with Gasteiger partial charge in [-0.1, -0.05) is 30.3 Å². The first-order valence-electron chi connectivity index (χ1n) is 9.44. The highest BCUT2D eigenvalue weighted by molar-refractivity contribution is 5.88. The Labute approximate surface area is 167 Å². The van der Waals surface area contributed by atoms with Crippen LogP contribution in [0, 0.1) is 6.92 Å². The van der Waals surface area contributed by atoms with Gasteiger partial charge in [-0.25, -0.2) is 4.68 Å². The Balaban J connectivity index is 1.56. The van der Waals surface area contributed by atoms with E-state index in [4.69, 9.17) is 4.74 Å². The standard InChI is InChI=1S/C22H22N4O3/c1-15-24-25(14-21(27)23-11-10-16-6-4-3-5-7-16)22(28)20-13-17-12-18(29-2)8-9-19(17)26(15)20/h3-9,12-13H,10-11,14H2,1-2H3,(H,23,27). The average molecular weight is 390 g/mol. The van der Waals surface area contributed by atoms with Crippen molar-refractivity contribution in [3.05, 3.63) is 76.3 Å². The van der Waals surface area contributed by atoms with Crippen LogP contribution in [0.5, 0.6) is 5.75 Å². The number of hydrogen-bond acceptors (Lipinski definition) is 4. The minimum Gasteiger partial charge on any atom is -0.497 e. The fourth-order valence-electron chi connectivity index (χ4n) is 3.51. The molecule has 0 unspecified atom stereocenters. The van der Waals surface area contributed by atoms with Crippen molar-refractivity contribution in [1.29, 1.82) is 0 Å². The number of nitrogens with zero attached hydrogens (tertiary/aromatic N) is 3. The fraction of sp³-hybridized carbons (Fsp3) is 0.227. The monoisotopic (exact) mass is 390 g/mol. The molecule has 2 aromatic heterocycles. The summed E-state index contributed by atoms with van der Waals surface area (Å²) in [6.07, 6.45) is 0.735. The van der Waals surface area contributed by atoms with Crippen molar-refractivity contribution in [2.45, 2.75) is 19.9 Å². The Morgan fingerprint density at radius 2 is 1.90 bits per heavy atom. The summed E-state index contributed by atoms with van der Waals surface area (Å²) in [5.41, 5.74) is 2.21. The maximum atomic E-state index is 12.9. The first kappa shape index (κ1) is 18.7. The van der Waals surface area contributed by atoms with E-state index in [1.54, 1.807) is 17.6 Å². The van der Waals surface area contributed by atoms with E-state index in [9.17, 15) is 9.59 Å².